The molecule has 24 heavy (non-hydrogen) atoms. The maximum atomic E-state index is 11.8. The number of methoxy groups -OCH3 is 1. The quantitative estimate of drug-likeness (QED) is 0.730. The van der Waals surface area contributed by atoms with Crippen molar-refractivity contribution in [1.29, 1.82) is 0 Å². The fourth-order valence-corrected chi connectivity index (χ4v) is 3.50. The van der Waals surface area contributed by atoms with Crippen LogP contribution in [0.25, 0.3) is 6.08 Å². The van der Waals surface area contributed by atoms with E-state index in [1.807, 2.05) is 17.5 Å². The molecule has 0 aliphatic carbocycles. The summed E-state index contributed by atoms with van der Waals surface area (Å²) in [5.74, 6) is -0.00616. The van der Waals surface area contributed by atoms with E-state index in [-0.39, 0.29) is 16.6 Å². The van der Waals surface area contributed by atoms with Gasteiger partial charge in [-0.2, -0.15) is 0 Å². The van der Waals surface area contributed by atoms with Gasteiger partial charge in [-0.1, -0.05) is 18.2 Å². The lowest BCUT2D eigenvalue weighted by Crippen LogP contribution is -2.24. The zero-order valence-corrected chi connectivity index (χ0v) is 14.7. The van der Waals surface area contributed by atoms with E-state index in [1.165, 1.54) is 19.3 Å². The maximum absolute atomic E-state index is 11.8. The summed E-state index contributed by atoms with van der Waals surface area (Å²) < 4.78 is 28.3. The predicted octanol–water partition coefficient (Wildman–Crippen LogP) is 1.78. The van der Waals surface area contributed by atoms with E-state index in [1.54, 1.807) is 29.5 Å². The van der Waals surface area contributed by atoms with Crippen LogP contribution in [0.3, 0.4) is 0 Å². The number of amides is 1. The molecule has 1 aromatic heterocycles. The first kappa shape index (κ1) is 18.2. The SMILES string of the molecule is COc1c(CCNC(=O)/C=C/c2cccs2)cccc1S(N)(=O)=O. The normalized spacial score (nSPS) is 11.6. The lowest BCUT2D eigenvalue weighted by Gasteiger charge is -2.12. The molecule has 1 amide bonds. The maximum Gasteiger partial charge on any atom is 0.244 e. The molecule has 0 aliphatic heterocycles. The summed E-state index contributed by atoms with van der Waals surface area (Å²) in [6.45, 7) is 0.345. The van der Waals surface area contributed by atoms with Crippen molar-refractivity contribution in [3.05, 3.63) is 52.2 Å². The molecule has 0 saturated heterocycles. The minimum absolute atomic E-state index is 0.0635. The molecule has 0 unspecified atom stereocenters. The van der Waals surface area contributed by atoms with E-state index in [0.717, 1.165) is 4.88 Å². The third kappa shape index (κ3) is 4.92. The standard InChI is InChI=1S/C16H18N2O4S2/c1-22-16-12(4-2-6-14(16)24(17,20)21)9-10-18-15(19)8-7-13-5-3-11-23-13/h2-8,11H,9-10H2,1H3,(H,18,19)(H2,17,20,21)/b8-7+. The molecule has 0 aliphatic rings. The second-order valence-electron chi connectivity index (χ2n) is 4.88. The molecule has 2 aromatic rings. The second-order valence-corrected chi connectivity index (χ2v) is 7.39. The predicted molar refractivity (Wildman–Crippen MR) is 94.4 cm³/mol. The van der Waals surface area contributed by atoms with Gasteiger partial charge in [-0.25, -0.2) is 13.6 Å². The van der Waals surface area contributed by atoms with Crippen molar-refractivity contribution in [3.63, 3.8) is 0 Å². The van der Waals surface area contributed by atoms with Crippen molar-refractivity contribution in [2.45, 2.75) is 11.3 Å². The lowest BCUT2D eigenvalue weighted by atomic mass is 10.1. The van der Waals surface area contributed by atoms with Crippen molar-refractivity contribution in [2.75, 3.05) is 13.7 Å². The molecule has 0 spiro atoms. The summed E-state index contributed by atoms with van der Waals surface area (Å²) in [6.07, 6.45) is 3.62. The van der Waals surface area contributed by atoms with Crippen LogP contribution in [0.5, 0.6) is 5.75 Å². The topological polar surface area (TPSA) is 98.5 Å². The summed E-state index contributed by atoms with van der Waals surface area (Å²) in [5.41, 5.74) is 0.659. The lowest BCUT2D eigenvalue weighted by molar-refractivity contribution is -0.116. The third-order valence-electron chi connectivity index (χ3n) is 3.21. The van der Waals surface area contributed by atoms with E-state index in [2.05, 4.69) is 5.32 Å². The minimum atomic E-state index is -3.87. The number of sulfonamides is 1. The van der Waals surface area contributed by atoms with Crippen LogP contribution in [0.15, 0.2) is 46.7 Å². The molecule has 0 fully saturated rings. The molecule has 128 valence electrons. The van der Waals surface area contributed by atoms with Crippen molar-refractivity contribution in [1.82, 2.24) is 5.32 Å². The van der Waals surface area contributed by atoms with Gasteiger partial charge in [0.05, 0.1) is 7.11 Å². The first-order valence-electron chi connectivity index (χ1n) is 7.10. The number of ether oxygens (including phenoxy) is 1. The monoisotopic (exact) mass is 366 g/mol. The van der Waals surface area contributed by atoms with E-state index in [9.17, 15) is 13.2 Å². The smallest absolute Gasteiger partial charge is 0.244 e. The summed E-state index contributed by atoms with van der Waals surface area (Å²) in [7, 11) is -2.48. The Hall–Kier alpha value is -2.16. The number of hydrogen-bond donors (Lipinski definition) is 2. The van der Waals surface area contributed by atoms with E-state index in [0.29, 0.717) is 18.5 Å². The Morgan fingerprint density at radius 2 is 2.12 bits per heavy atom. The highest BCUT2D eigenvalue weighted by molar-refractivity contribution is 7.89. The number of benzene rings is 1. The molecule has 0 radical (unpaired) electrons. The van der Waals surface area contributed by atoms with Crippen LogP contribution in [0.2, 0.25) is 0 Å². The van der Waals surface area contributed by atoms with Gasteiger partial charge in [-0.3, -0.25) is 4.79 Å². The fourth-order valence-electron chi connectivity index (χ4n) is 2.14. The summed E-state index contributed by atoms with van der Waals surface area (Å²) in [5, 5.41) is 9.86. The molecule has 1 heterocycles. The number of nitrogens with two attached hydrogens (primary N) is 1. The number of para-hydroxylation sites is 1. The van der Waals surface area contributed by atoms with Crippen molar-refractivity contribution >= 4 is 33.3 Å². The van der Waals surface area contributed by atoms with Gasteiger partial charge in [0, 0.05) is 17.5 Å². The molecule has 0 saturated carbocycles. The number of rotatable bonds is 7. The largest absolute Gasteiger partial charge is 0.495 e. The van der Waals surface area contributed by atoms with Crippen molar-refractivity contribution in [3.8, 4) is 5.75 Å². The van der Waals surface area contributed by atoms with Crippen molar-refractivity contribution in [2.24, 2.45) is 5.14 Å². The Balaban J connectivity index is 1.98. The summed E-state index contributed by atoms with van der Waals surface area (Å²) >= 11 is 1.54. The Bertz CT molecular complexity index is 828. The first-order chi connectivity index (χ1) is 11.4. The van der Waals surface area contributed by atoms with Gasteiger partial charge in [0.25, 0.3) is 0 Å². The minimum Gasteiger partial charge on any atom is -0.495 e. The summed E-state index contributed by atoms with van der Waals surface area (Å²) in [4.78, 5) is 12.7. The van der Waals surface area contributed by atoms with Gasteiger partial charge in [-0.05, 0) is 35.6 Å². The average molecular weight is 366 g/mol. The molecule has 6 nitrogen and oxygen atoms in total. The average Bonchev–Trinajstić information content (AvgIpc) is 3.05. The molecule has 8 heteroatoms. The van der Waals surface area contributed by atoms with Gasteiger partial charge in [0.1, 0.15) is 10.6 Å². The molecule has 1 aromatic carbocycles. The van der Waals surface area contributed by atoms with Crippen LogP contribution < -0.4 is 15.2 Å². The van der Waals surface area contributed by atoms with E-state index < -0.39 is 10.0 Å². The fraction of sp³-hybridized carbons (Fsp3) is 0.188. The van der Waals surface area contributed by atoms with Crippen LogP contribution in [0.4, 0.5) is 0 Å². The number of thiophene rings is 1. The number of hydrogen-bond acceptors (Lipinski definition) is 5. The van der Waals surface area contributed by atoms with Gasteiger partial charge in [0.2, 0.25) is 15.9 Å². The van der Waals surface area contributed by atoms with Gasteiger partial charge >= 0.3 is 0 Å². The second kappa shape index (κ2) is 8.09. The highest BCUT2D eigenvalue weighted by atomic mass is 32.2. The number of nitrogens with one attached hydrogen (secondary N) is 1. The molecule has 3 N–H and O–H groups in total. The molecule has 0 atom stereocenters. The molecular weight excluding hydrogens is 348 g/mol. The van der Waals surface area contributed by atoms with E-state index in [4.69, 9.17) is 9.88 Å². The van der Waals surface area contributed by atoms with Crippen LogP contribution in [-0.4, -0.2) is 28.0 Å². The highest BCUT2D eigenvalue weighted by Gasteiger charge is 2.17. The Labute approximate surface area is 145 Å². The van der Waals surface area contributed by atoms with E-state index >= 15 is 0 Å². The summed E-state index contributed by atoms with van der Waals surface area (Å²) in [6, 6.07) is 8.54. The van der Waals surface area contributed by atoms with Crippen molar-refractivity contribution < 1.29 is 17.9 Å². The van der Waals surface area contributed by atoms with Gasteiger partial charge in [0.15, 0.2) is 0 Å². The van der Waals surface area contributed by atoms with Crippen LogP contribution in [-0.2, 0) is 21.2 Å². The number of carbonyl (C=O) groups is 1. The molecular formula is C16H18N2O4S2. The van der Waals surface area contributed by atoms with Crippen LogP contribution >= 0.6 is 11.3 Å². The third-order valence-corrected chi connectivity index (χ3v) is 4.98. The van der Waals surface area contributed by atoms with Crippen LogP contribution in [0, 0.1) is 0 Å². The first-order valence-corrected chi connectivity index (χ1v) is 9.52. The van der Waals surface area contributed by atoms with Crippen LogP contribution in [0.1, 0.15) is 10.4 Å². The highest BCUT2D eigenvalue weighted by Crippen LogP contribution is 2.27. The zero-order chi connectivity index (χ0) is 17.6. The number of primary sulfonamides is 1. The Morgan fingerprint density at radius 3 is 2.75 bits per heavy atom. The Kier molecular flexibility index (Phi) is 6.13. The molecule has 2 rings (SSSR count). The Morgan fingerprint density at radius 1 is 1.33 bits per heavy atom. The zero-order valence-electron chi connectivity index (χ0n) is 13.1. The van der Waals surface area contributed by atoms with Gasteiger partial charge < -0.3 is 10.1 Å². The molecule has 0 bridgehead atoms. The number of carbonyl (C=O) groups excluding carboxylic acids is 1. The van der Waals surface area contributed by atoms with Gasteiger partial charge in [-0.15, -0.1) is 11.3 Å².